The fourth-order valence-electron chi connectivity index (χ4n) is 1.71. The van der Waals surface area contributed by atoms with Crippen LogP contribution < -0.4 is 16.4 Å². The number of amides is 2. The van der Waals surface area contributed by atoms with Crippen LogP contribution in [0.4, 0.5) is 0 Å². The minimum Gasteiger partial charge on any atom is -0.378 e. The Kier molecular flexibility index (Phi) is 29.6. The second kappa shape index (κ2) is 26.0. The largest absolute Gasteiger partial charge is 0.378 e. The molecule has 0 atom stereocenters. The van der Waals surface area contributed by atoms with Crippen molar-refractivity contribution in [2.75, 3.05) is 65.7 Å². The maximum atomic E-state index is 10.9. The summed E-state index contributed by atoms with van der Waals surface area (Å²) < 4.78 is 10.7. The Hall–Kier alpha value is -1.22. The Balaban J connectivity index is -0.00000123. The van der Waals surface area contributed by atoms with Gasteiger partial charge in [-0.25, -0.2) is 0 Å². The fourth-order valence-corrected chi connectivity index (χ4v) is 1.71. The van der Waals surface area contributed by atoms with Gasteiger partial charge in [-0.05, 0) is 0 Å². The summed E-state index contributed by atoms with van der Waals surface area (Å²) in [7, 11) is 0. The quantitative estimate of drug-likeness (QED) is 0.382. The molecule has 0 aromatic heterocycles. The molecule has 4 N–H and O–H groups in total. The van der Waals surface area contributed by atoms with Gasteiger partial charge in [0.25, 0.3) is 0 Å². The smallest absolute Gasteiger partial charge is 0.216 e. The van der Waals surface area contributed by atoms with E-state index in [2.05, 4.69) is 15.5 Å². The number of rotatable bonds is 14. The molecule has 0 radical (unpaired) electrons. The molecule has 26 heavy (non-hydrogen) atoms. The molecule has 0 spiro atoms. The van der Waals surface area contributed by atoms with E-state index in [1.807, 2.05) is 27.7 Å². The van der Waals surface area contributed by atoms with E-state index in [4.69, 9.17) is 15.2 Å². The molecule has 0 aliphatic rings. The molecule has 0 aromatic rings. The van der Waals surface area contributed by atoms with Crippen LogP contribution in [0.5, 0.6) is 0 Å². The van der Waals surface area contributed by atoms with Crippen LogP contribution >= 0.6 is 0 Å². The molecule has 0 fully saturated rings. The first-order valence-corrected chi connectivity index (χ1v) is 9.63. The van der Waals surface area contributed by atoms with Gasteiger partial charge < -0.3 is 25.8 Å². The Morgan fingerprint density at radius 1 is 0.769 bits per heavy atom. The SMILES string of the molecule is CC.CC.CC(=O)NCCN(CCNC(C)=O)CCOCCOCCN. The first-order valence-electron chi connectivity index (χ1n) is 9.63. The van der Waals surface area contributed by atoms with Crippen molar-refractivity contribution < 1.29 is 19.1 Å². The lowest BCUT2D eigenvalue weighted by atomic mass is 10.4. The number of hydrogen-bond acceptors (Lipinski definition) is 6. The maximum absolute atomic E-state index is 10.9. The van der Waals surface area contributed by atoms with Crippen LogP contribution in [0, 0.1) is 0 Å². The molecule has 8 nitrogen and oxygen atoms in total. The van der Waals surface area contributed by atoms with Gasteiger partial charge in [0.2, 0.25) is 11.8 Å². The van der Waals surface area contributed by atoms with Gasteiger partial charge in [0.1, 0.15) is 0 Å². The molecule has 0 saturated heterocycles. The van der Waals surface area contributed by atoms with E-state index in [1.165, 1.54) is 13.8 Å². The third-order valence-corrected chi connectivity index (χ3v) is 2.79. The molecule has 8 heteroatoms. The summed E-state index contributed by atoms with van der Waals surface area (Å²) in [6.45, 7) is 17.0. The van der Waals surface area contributed by atoms with E-state index >= 15 is 0 Å². The molecule has 0 rings (SSSR count). The Labute approximate surface area is 160 Å². The lowest BCUT2D eigenvalue weighted by Gasteiger charge is -2.22. The molecule has 2 amide bonds. The van der Waals surface area contributed by atoms with Gasteiger partial charge in [-0.2, -0.15) is 0 Å². The monoisotopic (exact) mass is 378 g/mol. The predicted molar refractivity (Wildman–Crippen MR) is 107 cm³/mol. The van der Waals surface area contributed by atoms with E-state index in [1.54, 1.807) is 0 Å². The van der Waals surface area contributed by atoms with Gasteiger partial charge in [0, 0.05) is 53.1 Å². The third-order valence-electron chi connectivity index (χ3n) is 2.79. The second-order valence-corrected chi connectivity index (χ2v) is 4.82. The molecule has 0 saturated carbocycles. The van der Waals surface area contributed by atoms with Crippen LogP contribution in [0.15, 0.2) is 0 Å². The van der Waals surface area contributed by atoms with Crippen molar-refractivity contribution in [3.05, 3.63) is 0 Å². The van der Waals surface area contributed by atoms with Crippen molar-refractivity contribution in [3.63, 3.8) is 0 Å². The van der Waals surface area contributed by atoms with Gasteiger partial charge in [-0.1, -0.05) is 27.7 Å². The van der Waals surface area contributed by atoms with Crippen molar-refractivity contribution in [1.82, 2.24) is 15.5 Å². The minimum atomic E-state index is -0.0462. The number of hydrogen-bond donors (Lipinski definition) is 3. The predicted octanol–water partition coefficient (Wildman–Crippen LogP) is 0.605. The molecule has 0 heterocycles. The van der Waals surface area contributed by atoms with Crippen molar-refractivity contribution in [2.45, 2.75) is 41.5 Å². The summed E-state index contributed by atoms with van der Waals surface area (Å²) in [6.07, 6.45) is 0. The summed E-state index contributed by atoms with van der Waals surface area (Å²) in [4.78, 5) is 23.9. The highest BCUT2D eigenvalue weighted by Crippen LogP contribution is 1.89. The first-order chi connectivity index (χ1) is 12.6. The summed E-state index contributed by atoms with van der Waals surface area (Å²) >= 11 is 0. The summed E-state index contributed by atoms with van der Waals surface area (Å²) in [6, 6.07) is 0. The van der Waals surface area contributed by atoms with Crippen molar-refractivity contribution in [2.24, 2.45) is 5.73 Å². The zero-order valence-corrected chi connectivity index (χ0v) is 17.7. The van der Waals surface area contributed by atoms with Gasteiger partial charge in [0.05, 0.1) is 26.4 Å². The molecule has 0 unspecified atom stereocenters. The van der Waals surface area contributed by atoms with Crippen LogP contribution in [-0.4, -0.2) is 82.4 Å². The topological polar surface area (TPSA) is 106 Å². The minimum absolute atomic E-state index is 0.0462. The van der Waals surface area contributed by atoms with Gasteiger partial charge in [-0.15, -0.1) is 0 Å². The number of nitrogens with two attached hydrogens (primary N) is 1. The summed E-state index contributed by atoms with van der Waals surface area (Å²) in [5.41, 5.74) is 5.31. The Morgan fingerprint density at radius 2 is 1.19 bits per heavy atom. The van der Waals surface area contributed by atoms with Gasteiger partial charge in [0.15, 0.2) is 0 Å². The zero-order chi connectivity index (χ0) is 20.6. The molecule has 0 aromatic carbocycles. The lowest BCUT2D eigenvalue weighted by Crippen LogP contribution is -2.40. The zero-order valence-electron chi connectivity index (χ0n) is 17.7. The number of carbonyl (C=O) groups is 2. The average molecular weight is 379 g/mol. The van der Waals surface area contributed by atoms with Crippen molar-refractivity contribution >= 4 is 11.8 Å². The number of nitrogens with one attached hydrogen (secondary N) is 2. The lowest BCUT2D eigenvalue weighted by molar-refractivity contribution is -0.119. The van der Waals surface area contributed by atoms with E-state index in [-0.39, 0.29) is 11.8 Å². The molecular weight excluding hydrogens is 336 g/mol. The van der Waals surface area contributed by atoms with Gasteiger partial charge >= 0.3 is 0 Å². The third kappa shape index (κ3) is 27.6. The van der Waals surface area contributed by atoms with E-state index < -0.39 is 0 Å². The highest BCUT2D eigenvalue weighted by Gasteiger charge is 2.05. The highest BCUT2D eigenvalue weighted by molar-refractivity contribution is 5.73. The number of carbonyl (C=O) groups excluding carboxylic acids is 2. The van der Waals surface area contributed by atoms with E-state index in [9.17, 15) is 9.59 Å². The standard InChI is InChI=1S/C14H30N4O4.2C2H6/c1-13(19)16-4-6-18(7-5-17-14(2)20)8-10-22-12-11-21-9-3-15;2*1-2/h3-12,15H2,1-2H3,(H,16,19)(H,17,20);2*1-2H3. The maximum Gasteiger partial charge on any atom is 0.216 e. The van der Waals surface area contributed by atoms with Crippen molar-refractivity contribution in [3.8, 4) is 0 Å². The van der Waals surface area contributed by atoms with Crippen LogP contribution in [0.2, 0.25) is 0 Å². The average Bonchev–Trinajstić information content (AvgIpc) is 2.63. The van der Waals surface area contributed by atoms with E-state index in [0.717, 1.165) is 6.54 Å². The fraction of sp³-hybridized carbons (Fsp3) is 0.889. The van der Waals surface area contributed by atoms with Crippen LogP contribution in [0.3, 0.4) is 0 Å². The molecule has 0 aliphatic heterocycles. The molecular formula is C18H42N4O4. The van der Waals surface area contributed by atoms with Crippen LogP contribution in [-0.2, 0) is 19.1 Å². The van der Waals surface area contributed by atoms with E-state index in [0.29, 0.717) is 59.2 Å². The highest BCUT2D eigenvalue weighted by atomic mass is 16.5. The molecule has 158 valence electrons. The Morgan fingerprint density at radius 3 is 1.58 bits per heavy atom. The number of nitrogens with zero attached hydrogens (tertiary/aromatic N) is 1. The first kappa shape index (κ1) is 29.5. The summed E-state index contributed by atoms with van der Waals surface area (Å²) in [5.74, 6) is -0.0924. The molecule has 0 bridgehead atoms. The molecule has 0 aliphatic carbocycles. The van der Waals surface area contributed by atoms with Crippen molar-refractivity contribution in [1.29, 1.82) is 0 Å². The normalized spacial score (nSPS) is 9.54. The Bertz CT molecular complexity index is 285. The second-order valence-electron chi connectivity index (χ2n) is 4.82. The number of ether oxygens (including phenoxy) is 2. The van der Waals surface area contributed by atoms with Gasteiger partial charge in [-0.3, -0.25) is 14.5 Å². The van der Waals surface area contributed by atoms with Crippen LogP contribution in [0.25, 0.3) is 0 Å². The van der Waals surface area contributed by atoms with Crippen LogP contribution in [0.1, 0.15) is 41.5 Å². The summed E-state index contributed by atoms with van der Waals surface area (Å²) in [5, 5.41) is 5.52.